The second-order valence-electron chi connectivity index (χ2n) is 5.96. The molecule has 0 unspecified atom stereocenters. The van der Waals surface area contributed by atoms with Crippen LogP contribution in [-0.4, -0.2) is 37.8 Å². The fraction of sp³-hybridized carbons (Fsp3) is 0.300. The molecule has 0 aliphatic rings. The van der Waals surface area contributed by atoms with Crippen molar-refractivity contribution >= 4 is 40.9 Å². The molecule has 26 heavy (non-hydrogen) atoms. The van der Waals surface area contributed by atoms with Gasteiger partial charge in [-0.15, -0.1) is 0 Å². The average Bonchev–Trinajstić information content (AvgIpc) is 2.62. The summed E-state index contributed by atoms with van der Waals surface area (Å²) in [7, 11) is 3.54. The molecule has 0 saturated heterocycles. The van der Waals surface area contributed by atoms with Gasteiger partial charge >= 0.3 is 0 Å². The van der Waals surface area contributed by atoms with Crippen LogP contribution in [0.25, 0.3) is 0 Å². The van der Waals surface area contributed by atoms with Crippen LogP contribution in [0.4, 0.5) is 17.1 Å². The molecule has 0 aromatic heterocycles. The summed E-state index contributed by atoms with van der Waals surface area (Å²) in [6, 6.07) is 11.0. The van der Waals surface area contributed by atoms with E-state index in [-0.39, 0.29) is 5.91 Å². The van der Waals surface area contributed by atoms with E-state index in [0.717, 1.165) is 23.5 Å². The molecule has 0 atom stereocenters. The van der Waals surface area contributed by atoms with Crippen molar-refractivity contribution in [2.45, 2.75) is 20.8 Å². The van der Waals surface area contributed by atoms with Crippen LogP contribution in [-0.2, 0) is 4.79 Å². The minimum Gasteiger partial charge on any atom is -0.497 e. The first-order chi connectivity index (χ1) is 12.4. The highest BCUT2D eigenvalue weighted by molar-refractivity contribution is 6.33. The van der Waals surface area contributed by atoms with Gasteiger partial charge in [0.15, 0.2) is 0 Å². The molecule has 2 aromatic rings. The first-order valence-corrected chi connectivity index (χ1v) is 8.74. The second kappa shape index (κ2) is 8.72. The van der Waals surface area contributed by atoms with Crippen molar-refractivity contribution in [2.75, 3.05) is 25.6 Å². The van der Waals surface area contributed by atoms with E-state index in [2.05, 4.69) is 4.99 Å². The lowest BCUT2D eigenvalue weighted by molar-refractivity contribution is -0.115. The number of nitrogens with zero attached hydrogens (tertiary/aromatic N) is 3. The van der Waals surface area contributed by atoms with Gasteiger partial charge in [0.25, 0.3) is 0 Å². The Morgan fingerprint density at radius 1 is 1.31 bits per heavy atom. The Kier molecular flexibility index (Phi) is 6.64. The van der Waals surface area contributed by atoms with E-state index in [1.807, 2.05) is 56.1 Å². The highest BCUT2D eigenvalue weighted by atomic mass is 35.5. The number of anilines is 2. The first kappa shape index (κ1) is 19.8. The van der Waals surface area contributed by atoms with E-state index in [1.165, 1.54) is 6.92 Å². The molecule has 1 amide bonds. The maximum atomic E-state index is 12.4. The lowest BCUT2D eigenvalue weighted by Gasteiger charge is -2.24. The predicted molar refractivity (Wildman–Crippen MR) is 108 cm³/mol. The van der Waals surface area contributed by atoms with Crippen molar-refractivity contribution in [1.82, 2.24) is 4.90 Å². The molecule has 5 nitrogen and oxygen atoms in total. The van der Waals surface area contributed by atoms with Crippen molar-refractivity contribution in [3.05, 3.63) is 47.0 Å². The molecule has 6 heteroatoms. The van der Waals surface area contributed by atoms with Crippen molar-refractivity contribution in [3.63, 3.8) is 0 Å². The van der Waals surface area contributed by atoms with E-state index in [1.54, 1.807) is 24.4 Å². The largest absolute Gasteiger partial charge is 0.497 e. The lowest BCUT2D eigenvalue weighted by Crippen LogP contribution is -2.23. The maximum absolute atomic E-state index is 12.4. The summed E-state index contributed by atoms with van der Waals surface area (Å²) < 4.78 is 5.27. The molecule has 2 rings (SSSR count). The van der Waals surface area contributed by atoms with E-state index < -0.39 is 0 Å². The number of rotatable bonds is 6. The number of amides is 1. The van der Waals surface area contributed by atoms with E-state index in [9.17, 15) is 4.79 Å². The topological polar surface area (TPSA) is 45.1 Å². The maximum Gasteiger partial charge on any atom is 0.228 e. The summed E-state index contributed by atoms with van der Waals surface area (Å²) in [5.41, 5.74) is 3.01. The highest BCUT2D eigenvalue weighted by Gasteiger charge is 2.18. The molecule has 0 bridgehead atoms. The Morgan fingerprint density at radius 2 is 2.04 bits per heavy atom. The number of ether oxygens (including phenoxy) is 1. The minimum absolute atomic E-state index is 0.112. The SMILES string of the molecule is CCN(C)C=Nc1cc(C)c(N(C(C)=O)c2cccc(OC)c2)cc1Cl. The number of methoxy groups -OCH3 is 1. The number of hydrogen-bond donors (Lipinski definition) is 0. The fourth-order valence-electron chi connectivity index (χ4n) is 2.48. The molecule has 0 spiro atoms. The minimum atomic E-state index is -0.112. The average molecular weight is 374 g/mol. The van der Waals surface area contributed by atoms with Crippen LogP contribution in [0.3, 0.4) is 0 Å². The third kappa shape index (κ3) is 4.55. The number of carbonyl (C=O) groups excluding carboxylic acids is 1. The van der Waals surface area contributed by atoms with E-state index in [0.29, 0.717) is 16.5 Å². The molecule has 0 aliphatic heterocycles. The summed E-state index contributed by atoms with van der Waals surface area (Å²) in [6.45, 7) is 6.35. The van der Waals surface area contributed by atoms with Crippen LogP contribution >= 0.6 is 11.6 Å². The third-order valence-electron chi connectivity index (χ3n) is 4.03. The second-order valence-corrected chi connectivity index (χ2v) is 6.37. The number of hydrogen-bond acceptors (Lipinski definition) is 3. The van der Waals surface area contributed by atoms with Crippen LogP contribution in [0, 0.1) is 6.92 Å². The molecule has 0 fully saturated rings. The summed E-state index contributed by atoms with van der Waals surface area (Å²) in [5.74, 6) is 0.570. The van der Waals surface area contributed by atoms with Gasteiger partial charge in [0.1, 0.15) is 5.75 Å². The summed E-state index contributed by atoms with van der Waals surface area (Å²) in [6.07, 6.45) is 1.74. The number of benzene rings is 2. The van der Waals surface area contributed by atoms with Gasteiger partial charge in [0.05, 0.1) is 35.5 Å². The van der Waals surface area contributed by atoms with Crippen molar-refractivity contribution in [1.29, 1.82) is 0 Å². The molecular weight excluding hydrogens is 350 g/mol. The normalized spacial score (nSPS) is 10.8. The smallest absolute Gasteiger partial charge is 0.228 e. The lowest BCUT2D eigenvalue weighted by atomic mass is 10.1. The van der Waals surface area contributed by atoms with Gasteiger partial charge < -0.3 is 9.64 Å². The van der Waals surface area contributed by atoms with Crippen LogP contribution in [0.5, 0.6) is 5.75 Å². The highest BCUT2D eigenvalue weighted by Crippen LogP contribution is 2.37. The molecule has 138 valence electrons. The van der Waals surface area contributed by atoms with E-state index >= 15 is 0 Å². The molecule has 2 aromatic carbocycles. The number of aryl methyl sites for hydroxylation is 1. The van der Waals surface area contributed by atoms with Gasteiger partial charge in [-0.3, -0.25) is 9.69 Å². The molecule has 0 saturated carbocycles. The number of halogens is 1. The van der Waals surface area contributed by atoms with Crippen LogP contribution in [0.2, 0.25) is 5.02 Å². The van der Waals surface area contributed by atoms with Gasteiger partial charge in [-0.2, -0.15) is 0 Å². The van der Waals surface area contributed by atoms with E-state index in [4.69, 9.17) is 16.3 Å². The molecular formula is C20H24ClN3O2. The number of aliphatic imine (C=N–C) groups is 1. The van der Waals surface area contributed by atoms with Crippen LogP contribution in [0.15, 0.2) is 41.4 Å². The fourth-order valence-corrected chi connectivity index (χ4v) is 2.68. The van der Waals surface area contributed by atoms with Crippen molar-refractivity contribution in [2.24, 2.45) is 4.99 Å². The Morgan fingerprint density at radius 3 is 2.65 bits per heavy atom. The monoisotopic (exact) mass is 373 g/mol. The quantitative estimate of drug-likeness (QED) is 0.531. The Balaban J connectivity index is 2.48. The van der Waals surface area contributed by atoms with Gasteiger partial charge in [0, 0.05) is 26.6 Å². The number of carbonyl (C=O) groups is 1. The predicted octanol–water partition coefficient (Wildman–Crippen LogP) is 4.95. The molecule has 0 N–H and O–H groups in total. The van der Waals surface area contributed by atoms with Gasteiger partial charge in [-0.1, -0.05) is 17.7 Å². The zero-order valence-corrected chi connectivity index (χ0v) is 16.5. The van der Waals surface area contributed by atoms with Crippen LogP contribution < -0.4 is 9.64 Å². The first-order valence-electron chi connectivity index (χ1n) is 8.36. The van der Waals surface area contributed by atoms with Crippen molar-refractivity contribution in [3.8, 4) is 5.75 Å². The van der Waals surface area contributed by atoms with Gasteiger partial charge in [-0.25, -0.2) is 4.99 Å². The zero-order chi connectivity index (χ0) is 19.3. The zero-order valence-electron chi connectivity index (χ0n) is 15.8. The molecule has 0 aliphatic carbocycles. The van der Waals surface area contributed by atoms with Gasteiger partial charge in [0.2, 0.25) is 5.91 Å². The Labute approximate surface area is 159 Å². The van der Waals surface area contributed by atoms with Gasteiger partial charge in [-0.05, 0) is 43.7 Å². The molecule has 0 heterocycles. The third-order valence-corrected chi connectivity index (χ3v) is 4.33. The summed E-state index contributed by atoms with van der Waals surface area (Å²) >= 11 is 6.43. The summed E-state index contributed by atoms with van der Waals surface area (Å²) in [5, 5.41) is 0.487. The molecule has 0 radical (unpaired) electrons. The summed E-state index contributed by atoms with van der Waals surface area (Å²) in [4.78, 5) is 20.4. The Hall–Kier alpha value is -2.53. The standard InChI is InChI=1S/C20H24ClN3O2/c1-6-23(4)13-22-19-10-14(2)20(12-18(19)21)24(15(3)25)16-8-7-9-17(11-16)26-5/h7-13H,6H2,1-5H3. The van der Waals surface area contributed by atoms with Crippen molar-refractivity contribution < 1.29 is 9.53 Å². The Bertz CT molecular complexity index is 821. The van der Waals surface area contributed by atoms with Crippen LogP contribution in [0.1, 0.15) is 19.4 Å².